The lowest BCUT2D eigenvalue weighted by Crippen LogP contribution is -2.45. The molecule has 70 heavy (non-hydrogen) atoms. The molecule has 0 aliphatic carbocycles. The van der Waals surface area contributed by atoms with Gasteiger partial charge in [-0.3, -0.25) is 14.4 Å². The Morgan fingerprint density at radius 3 is 1.04 bits per heavy atom. The maximum absolute atomic E-state index is 14.9. The van der Waals surface area contributed by atoms with E-state index in [9.17, 15) is 14.4 Å². The fraction of sp³-hybridized carbons (Fsp3) is 0.952. The van der Waals surface area contributed by atoms with Gasteiger partial charge in [0.05, 0.1) is 13.2 Å². The highest BCUT2D eigenvalue weighted by atomic mass is 16.5. The van der Waals surface area contributed by atoms with Crippen molar-refractivity contribution in [3.05, 3.63) is 0 Å². The number of amides is 1. The van der Waals surface area contributed by atoms with Crippen LogP contribution in [0.5, 0.6) is 0 Å². The molecule has 0 aromatic heterocycles. The van der Waals surface area contributed by atoms with Gasteiger partial charge in [0.1, 0.15) is 0 Å². The van der Waals surface area contributed by atoms with Gasteiger partial charge < -0.3 is 19.3 Å². The van der Waals surface area contributed by atoms with Crippen molar-refractivity contribution in [3.8, 4) is 0 Å². The second-order valence-electron chi connectivity index (χ2n) is 22.5. The lowest BCUT2D eigenvalue weighted by molar-refractivity contribution is -0.146. The Kier molecular flexibility index (Phi) is 51.0. The standard InChI is InChI=1S/C63H124N2O5/c1-9-15-21-29-37-48-59(47-36-24-18-12-4)63(68)65(54-42-53-64(7)8)60(49-38-30-25-27-32-40-51-61(66)69-55-57(43-19-13-5)45-34-22-16-10-2)50-39-31-26-28-33-41-52-62(67)70-56-58(44-20-14-6)46-35-23-17-11-3/h57-60H,9-56H2,1-8H3. The van der Waals surface area contributed by atoms with E-state index in [1.165, 1.54) is 186 Å². The molecule has 0 heterocycles. The van der Waals surface area contributed by atoms with E-state index in [4.69, 9.17) is 9.47 Å². The highest BCUT2D eigenvalue weighted by Crippen LogP contribution is 2.27. The number of hydrogen-bond donors (Lipinski definition) is 0. The van der Waals surface area contributed by atoms with Crippen LogP contribution >= 0.6 is 0 Å². The molecule has 0 aliphatic heterocycles. The van der Waals surface area contributed by atoms with Crippen molar-refractivity contribution in [1.29, 1.82) is 0 Å². The second-order valence-corrected chi connectivity index (χ2v) is 22.5. The van der Waals surface area contributed by atoms with Crippen LogP contribution in [0, 0.1) is 17.8 Å². The molecular formula is C63H124N2O5. The highest BCUT2D eigenvalue weighted by Gasteiger charge is 2.29. The largest absolute Gasteiger partial charge is 0.465 e. The Labute approximate surface area is 438 Å². The molecule has 7 nitrogen and oxygen atoms in total. The van der Waals surface area contributed by atoms with Crippen molar-refractivity contribution in [3.63, 3.8) is 0 Å². The Hall–Kier alpha value is -1.63. The Morgan fingerprint density at radius 2 is 0.657 bits per heavy atom. The van der Waals surface area contributed by atoms with Crippen LogP contribution in [-0.4, -0.2) is 74.1 Å². The average molecular weight is 990 g/mol. The van der Waals surface area contributed by atoms with Gasteiger partial charge in [0, 0.05) is 31.3 Å². The van der Waals surface area contributed by atoms with Gasteiger partial charge in [-0.2, -0.15) is 0 Å². The number of esters is 2. The zero-order chi connectivity index (χ0) is 51.6. The van der Waals surface area contributed by atoms with Gasteiger partial charge in [0.2, 0.25) is 5.91 Å². The minimum absolute atomic E-state index is 0.00360. The van der Waals surface area contributed by atoms with Crippen molar-refractivity contribution in [2.75, 3.05) is 40.4 Å². The first-order chi connectivity index (χ1) is 34.2. The molecule has 0 aromatic rings. The summed E-state index contributed by atoms with van der Waals surface area (Å²) < 4.78 is 11.6. The van der Waals surface area contributed by atoms with Crippen LogP contribution < -0.4 is 0 Å². The van der Waals surface area contributed by atoms with Crippen LogP contribution in [0.1, 0.15) is 324 Å². The summed E-state index contributed by atoms with van der Waals surface area (Å²) in [5.74, 6) is 1.64. The molecule has 0 bridgehead atoms. The minimum Gasteiger partial charge on any atom is -0.465 e. The van der Waals surface area contributed by atoms with Crippen LogP contribution in [0.2, 0.25) is 0 Å². The van der Waals surface area contributed by atoms with E-state index in [0.29, 0.717) is 49.8 Å². The monoisotopic (exact) mass is 989 g/mol. The van der Waals surface area contributed by atoms with Crippen LogP contribution in [-0.2, 0) is 23.9 Å². The number of unbranched alkanes of at least 4 members (excludes halogenated alkanes) is 25. The molecule has 1 amide bonds. The van der Waals surface area contributed by atoms with Gasteiger partial charge >= 0.3 is 11.9 Å². The molecule has 3 atom stereocenters. The normalized spacial score (nSPS) is 13.4. The molecule has 0 aromatic carbocycles. The van der Waals surface area contributed by atoms with Crippen molar-refractivity contribution in [1.82, 2.24) is 9.80 Å². The van der Waals surface area contributed by atoms with Crippen molar-refractivity contribution < 1.29 is 23.9 Å². The predicted molar refractivity (Wildman–Crippen MR) is 304 cm³/mol. The summed E-state index contributed by atoms with van der Waals surface area (Å²) in [5, 5.41) is 0. The molecule has 7 heteroatoms. The molecule has 0 spiro atoms. The van der Waals surface area contributed by atoms with E-state index < -0.39 is 0 Å². The number of rotatable bonds is 55. The topological polar surface area (TPSA) is 76.2 Å². The van der Waals surface area contributed by atoms with E-state index in [-0.39, 0.29) is 17.9 Å². The third kappa shape index (κ3) is 42.8. The molecule has 3 unspecified atom stereocenters. The van der Waals surface area contributed by atoms with E-state index in [1.54, 1.807) is 0 Å². The molecule has 0 rings (SSSR count). The molecule has 416 valence electrons. The molecule has 0 saturated heterocycles. The lowest BCUT2D eigenvalue weighted by atomic mass is 9.91. The van der Waals surface area contributed by atoms with Gasteiger partial charge in [0.25, 0.3) is 0 Å². The van der Waals surface area contributed by atoms with Crippen molar-refractivity contribution >= 4 is 17.8 Å². The molecule has 0 aliphatic rings. The summed E-state index contributed by atoms with van der Waals surface area (Å²) in [7, 11) is 4.31. The SMILES string of the molecule is CCCCCCCC(CCCCCC)C(=O)N(CCCN(C)C)C(CCCCCCCCC(=O)OCC(CCCC)CCCCCC)CCCCCCCCC(=O)OCC(CCCC)CCCCCC. The summed E-state index contributed by atoms with van der Waals surface area (Å²) in [6.07, 6.45) is 50.8. The summed E-state index contributed by atoms with van der Waals surface area (Å²) in [5.41, 5.74) is 0. The smallest absolute Gasteiger partial charge is 0.305 e. The third-order valence-electron chi connectivity index (χ3n) is 15.3. The number of carbonyl (C=O) groups excluding carboxylic acids is 3. The van der Waals surface area contributed by atoms with E-state index in [1.807, 2.05) is 0 Å². The molecule has 0 N–H and O–H groups in total. The van der Waals surface area contributed by atoms with Gasteiger partial charge in [0.15, 0.2) is 0 Å². The fourth-order valence-electron chi connectivity index (χ4n) is 10.5. The minimum atomic E-state index is -0.00360. The van der Waals surface area contributed by atoms with Crippen LogP contribution in [0.4, 0.5) is 0 Å². The molecular weight excluding hydrogens is 865 g/mol. The number of carbonyl (C=O) groups is 3. The maximum atomic E-state index is 14.9. The van der Waals surface area contributed by atoms with Crippen LogP contribution in [0.15, 0.2) is 0 Å². The van der Waals surface area contributed by atoms with Crippen molar-refractivity contribution in [2.45, 2.75) is 330 Å². The first-order valence-electron chi connectivity index (χ1n) is 31.4. The van der Waals surface area contributed by atoms with E-state index in [0.717, 1.165) is 96.6 Å². The fourth-order valence-corrected chi connectivity index (χ4v) is 10.5. The Balaban J connectivity index is 5.45. The van der Waals surface area contributed by atoms with Gasteiger partial charge in [-0.25, -0.2) is 0 Å². The zero-order valence-electron chi connectivity index (χ0n) is 48.7. The second kappa shape index (κ2) is 52.2. The Bertz CT molecular complexity index is 1070. The van der Waals surface area contributed by atoms with Crippen LogP contribution in [0.25, 0.3) is 0 Å². The van der Waals surface area contributed by atoms with Crippen LogP contribution in [0.3, 0.4) is 0 Å². The summed E-state index contributed by atoms with van der Waals surface area (Å²) in [6, 6.07) is 0.304. The van der Waals surface area contributed by atoms with E-state index >= 15 is 0 Å². The average Bonchev–Trinajstić information content (AvgIpc) is 3.35. The molecule has 0 fully saturated rings. The first kappa shape index (κ1) is 68.4. The zero-order valence-corrected chi connectivity index (χ0v) is 48.7. The quantitative estimate of drug-likeness (QED) is 0.0446. The molecule has 0 radical (unpaired) electrons. The summed E-state index contributed by atoms with van der Waals surface area (Å²) in [4.78, 5) is 45.0. The summed E-state index contributed by atoms with van der Waals surface area (Å²) >= 11 is 0. The maximum Gasteiger partial charge on any atom is 0.305 e. The highest BCUT2D eigenvalue weighted by molar-refractivity contribution is 5.79. The Morgan fingerprint density at radius 1 is 0.343 bits per heavy atom. The number of nitrogens with zero attached hydrogens (tertiary/aromatic N) is 2. The first-order valence-corrected chi connectivity index (χ1v) is 31.4. The number of ether oxygens (including phenoxy) is 2. The number of hydrogen-bond acceptors (Lipinski definition) is 6. The lowest BCUT2D eigenvalue weighted by Gasteiger charge is -2.36. The van der Waals surface area contributed by atoms with Gasteiger partial charge in [-0.05, 0) is 103 Å². The predicted octanol–water partition coefficient (Wildman–Crippen LogP) is 19.0. The van der Waals surface area contributed by atoms with E-state index in [2.05, 4.69) is 65.4 Å². The molecule has 0 saturated carbocycles. The van der Waals surface area contributed by atoms with Gasteiger partial charge in [-0.1, -0.05) is 241 Å². The van der Waals surface area contributed by atoms with Gasteiger partial charge in [-0.15, -0.1) is 0 Å². The summed E-state index contributed by atoms with van der Waals surface area (Å²) in [6.45, 7) is 16.7. The third-order valence-corrected chi connectivity index (χ3v) is 15.3. The van der Waals surface area contributed by atoms with Crippen molar-refractivity contribution in [2.24, 2.45) is 17.8 Å².